The quantitative estimate of drug-likeness (QED) is 0.349. The second-order valence-electron chi connectivity index (χ2n) is 7.57. The van der Waals surface area contributed by atoms with E-state index < -0.39 is 10.0 Å². The van der Waals surface area contributed by atoms with E-state index in [2.05, 4.69) is 20.0 Å². The monoisotopic (exact) mass is 476 g/mol. The average Bonchev–Trinajstić information content (AvgIpc) is 3.35. The molecule has 174 valence electrons. The molecule has 0 radical (unpaired) electrons. The average molecular weight is 477 g/mol. The second kappa shape index (κ2) is 9.80. The number of methoxy groups -OCH3 is 1. The number of ether oxygens (including phenoxy) is 1. The standard InChI is InChI=1S/C25H24N4O4S/c1-17(24-26-16-22(28-24)18-8-4-3-5-9-18)27-25(30)19-12-14-20(15-13-19)34(31,32)29-21-10-6-7-11-23(21)33-2/h3-17,29H,1-2H3,(H,26,28)(H,27,30). The number of H-pyrrole nitrogens is 1. The van der Waals surface area contributed by atoms with E-state index in [-0.39, 0.29) is 16.8 Å². The lowest BCUT2D eigenvalue weighted by Crippen LogP contribution is -2.27. The molecule has 4 rings (SSSR count). The van der Waals surface area contributed by atoms with Crippen LogP contribution in [0.2, 0.25) is 0 Å². The molecule has 1 aromatic heterocycles. The number of rotatable bonds is 8. The minimum absolute atomic E-state index is 0.0292. The number of amides is 1. The van der Waals surface area contributed by atoms with Crippen molar-refractivity contribution < 1.29 is 17.9 Å². The molecule has 4 aromatic rings. The Hall–Kier alpha value is -4.11. The third-order valence-corrected chi connectivity index (χ3v) is 6.60. The lowest BCUT2D eigenvalue weighted by molar-refractivity contribution is 0.0938. The minimum atomic E-state index is -3.85. The second-order valence-corrected chi connectivity index (χ2v) is 9.26. The first-order valence-electron chi connectivity index (χ1n) is 10.5. The van der Waals surface area contributed by atoms with Crippen LogP contribution < -0.4 is 14.8 Å². The van der Waals surface area contributed by atoms with E-state index in [4.69, 9.17) is 4.74 Å². The Bertz CT molecular complexity index is 1380. The molecule has 0 aliphatic carbocycles. The summed E-state index contributed by atoms with van der Waals surface area (Å²) in [7, 11) is -2.39. The van der Waals surface area contributed by atoms with E-state index in [1.54, 1.807) is 30.5 Å². The molecule has 34 heavy (non-hydrogen) atoms. The lowest BCUT2D eigenvalue weighted by Gasteiger charge is -2.13. The first-order chi connectivity index (χ1) is 16.4. The van der Waals surface area contributed by atoms with Gasteiger partial charge in [-0.15, -0.1) is 0 Å². The van der Waals surface area contributed by atoms with Gasteiger partial charge in [-0.2, -0.15) is 0 Å². The number of benzene rings is 3. The number of aromatic amines is 1. The largest absolute Gasteiger partial charge is 0.495 e. The Kier molecular flexibility index (Phi) is 6.65. The van der Waals surface area contributed by atoms with Crippen LogP contribution in [0.4, 0.5) is 5.69 Å². The highest BCUT2D eigenvalue weighted by molar-refractivity contribution is 7.92. The number of carbonyl (C=O) groups excluding carboxylic acids is 1. The van der Waals surface area contributed by atoms with Crippen LogP contribution in [0.1, 0.15) is 29.1 Å². The minimum Gasteiger partial charge on any atom is -0.495 e. The summed E-state index contributed by atoms with van der Waals surface area (Å²) in [5.41, 5.74) is 2.51. The summed E-state index contributed by atoms with van der Waals surface area (Å²) in [5, 5.41) is 2.88. The van der Waals surface area contributed by atoms with Gasteiger partial charge in [-0.1, -0.05) is 42.5 Å². The van der Waals surface area contributed by atoms with Gasteiger partial charge in [0.15, 0.2) is 0 Å². The van der Waals surface area contributed by atoms with Gasteiger partial charge in [-0.3, -0.25) is 9.52 Å². The summed E-state index contributed by atoms with van der Waals surface area (Å²) in [5.74, 6) is 0.684. The van der Waals surface area contributed by atoms with Crippen LogP contribution in [0.25, 0.3) is 11.3 Å². The van der Waals surface area contributed by atoms with Crippen LogP contribution in [0.15, 0.2) is 90.0 Å². The Labute approximate surface area is 198 Å². The van der Waals surface area contributed by atoms with E-state index in [1.807, 2.05) is 37.3 Å². The van der Waals surface area contributed by atoms with E-state index in [0.29, 0.717) is 22.8 Å². The molecule has 0 fully saturated rings. The molecule has 3 N–H and O–H groups in total. The number of imidazole rings is 1. The van der Waals surface area contributed by atoms with Crippen molar-refractivity contribution in [2.24, 2.45) is 0 Å². The molecule has 9 heteroatoms. The molecule has 1 unspecified atom stereocenters. The summed E-state index contributed by atoms with van der Waals surface area (Å²) >= 11 is 0. The third kappa shape index (κ3) is 5.10. The number of para-hydroxylation sites is 2. The summed E-state index contributed by atoms with van der Waals surface area (Å²) in [6.07, 6.45) is 1.72. The summed E-state index contributed by atoms with van der Waals surface area (Å²) in [6, 6.07) is 21.8. The maximum atomic E-state index is 12.8. The molecule has 8 nitrogen and oxygen atoms in total. The van der Waals surface area contributed by atoms with Crippen LogP contribution in [0, 0.1) is 0 Å². The van der Waals surface area contributed by atoms with Crippen molar-refractivity contribution in [2.75, 3.05) is 11.8 Å². The van der Waals surface area contributed by atoms with Gasteiger partial charge in [0.25, 0.3) is 15.9 Å². The third-order valence-electron chi connectivity index (χ3n) is 5.22. The van der Waals surface area contributed by atoms with Crippen molar-refractivity contribution in [3.8, 4) is 17.0 Å². The fourth-order valence-corrected chi connectivity index (χ4v) is 4.46. The van der Waals surface area contributed by atoms with E-state index in [0.717, 1.165) is 11.3 Å². The predicted molar refractivity (Wildman–Crippen MR) is 130 cm³/mol. The first kappa shape index (κ1) is 23.1. The van der Waals surface area contributed by atoms with Gasteiger partial charge in [0.2, 0.25) is 0 Å². The van der Waals surface area contributed by atoms with Crippen molar-refractivity contribution in [3.63, 3.8) is 0 Å². The Morgan fingerprint density at radius 2 is 1.65 bits per heavy atom. The van der Waals surface area contributed by atoms with Crippen molar-refractivity contribution in [1.29, 1.82) is 0 Å². The van der Waals surface area contributed by atoms with Gasteiger partial charge < -0.3 is 15.0 Å². The van der Waals surface area contributed by atoms with Crippen LogP contribution in [0.5, 0.6) is 5.75 Å². The molecular weight excluding hydrogens is 452 g/mol. The van der Waals surface area contributed by atoms with Crippen molar-refractivity contribution in [1.82, 2.24) is 15.3 Å². The summed E-state index contributed by atoms with van der Waals surface area (Å²) < 4.78 is 33.2. The zero-order valence-electron chi connectivity index (χ0n) is 18.6. The normalized spacial score (nSPS) is 12.1. The van der Waals surface area contributed by atoms with E-state index in [1.165, 1.54) is 31.4 Å². The number of sulfonamides is 1. The van der Waals surface area contributed by atoms with Gasteiger partial charge in [0, 0.05) is 5.56 Å². The first-order valence-corrected chi connectivity index (χ1v) is 12.0. The van der Waals surface area contributed by atoms with Gasteiger partial charge >= 0.3 is 0 Å². The van der Waals surface area contributed by atoms with Gasteiger partial charge in [0.05, 0.1) is 35.6 Å². The lowest BCUT2D eigenvalue weighted by atomic mass is 10.2. The molecule has 0 aliphatic rings. The number of anilines is 1. The fraction of sp³-hybridized carbons (Fsp3) is 0.120. The molecule has 1 amide bonds. The zero-order valence-corrected chi connectivity index (χ0v) is 19.5. The number of aromatic nitrogens is 2. The molecular formula is C25H24N4O4S. The molecule has 0 spiro atoms. The van der Waals surface area contributed by atoms with Crippen LogP contribution >= 0.6 is 0 Å². The van der Waals surface area contributed by atoms with Gasteiger partial charge in [0.1, 0.15) is 11.6 Å². The van der Waals surface area contributed by atoms with Crippen molar-refractivity contribution >= 4 is 21.6 Å². The Morgan fingerprint density at radius 1 is 0.971 bits per heavy atom. The summed E-state index contributed by atoms with van der Waals surface area (Å²) in [4.78, 5) is 20.3. The molecule has 0 bridgehead atoms. The number of carbonyl (C=O) groups is 1. The number of nitrogens with one attached hydrogen (secondary N) is 3. The molecule has 0 saturated heterocycles. The SMILES string of the molecule is COc1ccccc1NS(=O)(=O)c1ccc(C(=O)NC(C)c2ncc(-c3ccccc3)[nH]2)cc1. The van der Waals surface area contributed by atoms with Crippen LogP contribution in [-0.2, 0) is 10.0 Å². The maximum absolute atomic E-state index is 12.8. The smallest absolute Gasteiger partial charge is 0.262 e. The van der Waals surface area contributed by atoms with Gasteiger partial charge in [-0.05, 0) is 48.9 Å². The molecule has 0 aliphatic heterocycles. The highest BCUT2D eigenvalue weighted by atomic mass is 32.2. The van der Waals surface area contributed by atoms with Crippen molar-refractivity contribution in [3.05, 3.63) is 96.4 Å². The fourth-order valence-electron chi connectivity index (χ4n) is 3.39. The number of hydrogen-bond acceptors (Lipinski definition) is 5. The van der Waals surface area contributed by atoms with Gasteiger partial charge in [-0.25, -0.2) is 13.4 Å². The Morgan fingerprint density at radius 3 is 2.35 bits per heavy atom. The number of hydrogen-bond donors (Lipinski definition) is 3. The van der Waals surface area contributed by atoms with Crippen LogP contribution in [0.3, 0.4) is 0 Å². The molecule has 0 saturated carbocycles. The van der Waals surface area contributed by atoms with E-state index in [9.17, 15) is 13.2 Å². The van der Waals surface area contributed by atoms with Crippen LogP contribution in [-0.4, -0.2) is 31.4 Å². The zero-order chi connectivity index (χ0) is 24.1. The summed E-state index contributed by atoms with van der Waals surface area (Å²) in [6.45, 7) is 1.82. The molecule has 1 heterocycles. The maximum Gasteiger partial charge on any atom is 0.262 e. The highest BCUT2D eigenvalue weighted by Crippen LogP contribution is 2.26. The van der Waals surface area contributed by atoms with Crippen molar-refractivity contribution in [2.45, 2.75) is 17.9 Å². The molecule has 3 aromatic carbocycles. The Balaban J connectivity index is 1.43. The van der Waals surface area contributed by atoms with E-state index >= 15 is 0 Å². The topological polar surface area (TPSA) is 113 Å². The predicted octanol–water partition coefficient (Wildman–Crippen LogP) is 4.38. The number of nitrogens with zero attached hydrogens (tertiary/aromatic N) is 1. The molecule has 1 atom stereocenters. The highest BCUT2D eigenvalue weighted by Gasteiger charge is 2.19.